The zero-order valence-electron chi connectivity index (χ0n) is 11.7. The van der Waals surface area contributed by atoms with Crippen LogP contribution in [-0.4, -0.2) is 19.5 Å². The van der Waals surface area contributed by atoms with E-state index in [0.29, 0.717) is 6.54 Å². The predicted molar refractivity (Wildman–Crippen MR) is 87.6 cm³/mol. The first kappa shape index (κ1) is 14.5. The second-order valence-electron chi connectivity index (χ2n) is 4.94. The molecule has 0 aromatic carbocycles. The molecule has 0 radical (unpaired) electrons. The van der Waals surface area contributed by atoms with Gasteiger partial charge in [0.1, 0.15) is 11.3 Å². The largest absolute Gasteiger partial charge is 0.305 e. The van der Waals surface area contributed by atoms with Gasteiger partial charge in [-0.2, -0.15) is 0 Å². The van der Waals surface area contributed by atoms with Gasteiger partial charge >= 0.3 is 0 Å². The number of rotatable bonds is 3. The lowest BCUT2D eigenvalue weighted by Crippen LogP contribution is -2.09. The van der Waals surface area contributed by atoms with Crippen LogP contribution in [0, 0.1) is 6.92 Å². The maximum absolute atomic E-state index is 6.28. The zero-order chi connectivity index (χ0) is 15.0. The maximum Gasteiger partial charge on any atom is 0.160 e. The van der Waals surface area contributed by atoms with Crippen molar-refractivity contribution >= 4 is 38.7 Å². The summed E-state index contributed by atoms with van der Waals surface area (Å²) in [4.78, 5) is 13.5. The van der Waals surface area contributed by atoms with Gasteiger partial charge in [0.2, 0.25) is 0 Å². The summed E-state index contributed by atoms with van der Waals surface area (Å²) >= 11 is 9.71. The van der Waals surface area contributed by atoms with Crippen LogP contribution in [0.4, 0.5) is 0 Å². The van der Waals surface area contributed by atoms with E-state index in [9.17, 15) is 0 Å². The fourth-order valence-corrected chi connectivity index (χ4v) is 2.78. The highest BCUT2D eigenvalue weighted by Crippen LogP contribution is 2.26. The molecule has 21 heavy (non-hydrogen) atoms. The normalized spacial score (nSPS) is 12.8. The summed E-state index contributed by atoms with van der Waals surface area (Å²) in [5.74, 6) is 0.808. The molecule has 0 fully saturated rings. The van der Waals surface area contributed by atoms with E-state index in [1.54, 1.807) is 12.4 Å². The van der Waals surface area contributed by atoms with Crippen molar-refractivity contribution in [2.75, 3.05) is 0 Å². The van der Waals surface area contributed by atoms with Crippen molar-refractivity contribution in [2.45, 2.75) is 25.8 Å². The minimum atomic E-state index is -0.193. The van der Waals surface area contributed by atoms with Crippen LogP contribution in [0.3, 0.4) is 0 Å². The molecule has 0 saturated heterocycles. The van der Waals surface area contributed by atoms with E-state index in [4.69, 9.17) is 11.6 Å². The van der Waals surface area contributed by atoms with E-state index in [1.165, 1.54) is 0 Å². The summed E-state index contributed by atoms with van der Waals surface area (Å²) in [6.45, 7) is 4.58. The van der Waals surface area contributed by atoms with Crippen molar-refractivity contribution in [1.82, 2.24) is 19.5 Å². The molecule has 3 aromatic heterocycles. The number of alkyl halides is 1. The molecule has 0 saturated carbocycles. The summed E-state index contributed by atoms with van der Waals surface area (Å²) in [6, 6.07) is 5.94. The van der Waals surface area contributed by atoms with Gasteiger partial charge in [-0.1, -0.05) is 6.07 Å². The highest BCUT2D eigenvalue weighted by molar-refractivity contribution is 9.10. The van der Waals surface area contributed by atoms with Gasteiger partial charge in [-0.25, -0.2) is 9.97 Å². The number of hydrogen-bond donors (Lipinski definition) is 0. The van der Waals surface area contributed by atoms with Crippen molar-refractivity contribution in [1.29, 1.82) is 0 Å². The number of aromatic nitrogens is 4. The molecule has 3 heterocycles. The van der Waals surface area contributed by atoms with Crippen LogP contribution in [0.15, 0.2) is 35.1 Å². The first-order valence-corrected chi connectivity index (χ1v) is 7.85. The Hall–Kier alpha value is -1.46. The Morgan fingerprint density at radius 2 is 2.19 bits per heavy atom. The molecule has 0 spiro atoms. The quantitative estimate of drug-likeness (QED) is 0.652. The van der Waals surface area contributed by atoms with Crippen molar-refractivity contribution in [3.8, 4) is 0 Å². The van der Waals surface area contributed by atoms with Crippen LogP contribution < -0.4 is 0 Å². The van der Waals surface area contributed by atoms with E-state index in [-0.39, 0.29) is 5.38 Å². The fourth-order valence-electron chi connectivity index (χ4n) is 2.30. The molecule has 0 amide bonds. The molecule has 0 aliphatic rings. The lowest BCUT2D eigenvalue weighted by Gasteiger charge is -2.11. The number of imidazole rings is 1. The third-order valence-electron chi connectivity index (χ3n) is 3.36. The van der Waals surface area contributed by atoms with Crippen LogP contribution in [0.5, 0.6) is 0 Å². The second kappa shape index (κ2) is 5.73. The Morgan fingerprint density at radius 3 is 2.90 bits per heavy atom. The van der Waals surface area contributed by atoms with Gasteiger partial charge in [0.05, 0.1) is 17.6 Å². The highest BCUT2D eigenvalue weighted by atomic mass is 79.9. The predicted octanol–water partition coefficient (Wildman–Crippen LogP) is 4.25. The Balaban J connectivity index is 2.16. The Labute approximate surface area is 136 Å². The number of fused-ring (bicyclic) bond motifs is 1. The van der Waals surface area contributed by atoms with Crippen molar-refractivity contribution < 1.29 is 0 Å². The lowest BCUT2D eigenvalue weighted by molar-refractivity contribution is 0.717. The summed E-state index contributed by atoms with van der Waals surface area (Å²) in [5.41, 5.74) is 3.80. The van der Waals surface area contributed by atoms with Gasteiger partial charge in [0, 0.05) is 16.9 Å². The van der Waals surface area contributed by atoms with Crippen LogP contribution in [0.25, 0.3) is 11.2 Å². The molecule has 0 bridgehead atoms. The molecule has 4 nitrogen and oxygen atoms in total. The third kappa shape index (κ3) is 2.80. The molecule has 0 aliphatic carbocycles. The third-order valence-corrected chi connectivity index (χ3v) is 3.99. The average molecular weight is 366 g/mol. The molecule has 0 aliphatic heterocycles. The summed E-state index contributed by atoms with van der Waals surface area (Å²) in [5, 5.41) is -0.193. The smallest absolute Gasteiger partial charge is 0.160 e. The van der Waals surface area contributed by atoms with Crippen LogP contribution in [0.1, 0.15) is 29.4 Å². The molecule has 1 unspecified atom stereocenters. The molecular weight excluding hydrogens is 352 g/mol. The first-order valence-electron chi connectivity index (χ1n) is 6.62. The Kier molecular flexibility index (Phi) is 3.95. The van der Waals surface area contributed by atoms with Crippen LogP contribution in [0.2, 0.25) is 0 Å². The van der Waals surface area contributed by atoms with Gasteiger partial charge in [-0.3, -0.25) is 4.98 Å². The minimum absolute atomic E-state index is 0.193. The van der Waals surface area contributed by atoms with Crippen LogP contribution >= 0.6 is 27.5 Å². The molecule has 6 heteroatoms. The molecule has 3 rings (SSSR count). The monoisotopic (exact) mass is 364 g/mol. The van der Waals surface area contributed by atoms with Crippen molar-refractivity contribution in [3.63, 3.8) is 0 Å². The number of halogens is 2. The van der Waals surface area contributed by atoms with Crippen molar-refractivity contribution in [2.24, 2.45) is 0 Å². The van der Waals surface area contributed by atoms with E-state index in [0.717, 1.165) is 32.7 Å². The number of aryl methyl sites for hydroxylation is 1. The molecule has 0 N–H and O–H groups in total. The first-order chi connectivity index (χ1) is 10.1. The van der Waals surface area contributed by atoms with E-state index < -0.39 is 0 Å². The number of pyridine rings is 2. The number of hydrogen-bond acceptors (Lipinski definition) is 3. The van der Waals surface area contributed by atoms with Crippen molar-refractivity contribution in [3.05, 3.63) is 52.1 Å². The van der Waals surface area contributed by atoms with E-state index in [2.05, 4.69) is 43.9 Å². The fraction of sp³-hybridized carbons (Fsp3) is 0.267. The second-order valence-corrected chi connectivity index (χ2v) is 6.51. The average Bonchev–Trinajstić information content (AvgIpc) is 2.79. The maximum atomic E-state index is 6.28. The number of nitrogens with zero attached hydrogens (tertiary/aromatic N) is 4. The van der Waals surface area contributed by atoms with Gasteiger partial charge in [-0.15, -0.1) is 11.6 Å². The van der Waals surface area contributed by atoms with Gasteiger partial charge in [-0.05, 0) is 47.5 Å². The molecular formula is C15H14BrClN4. The van der Waals surface area contributed by atoms with Gasteiger partial charge < -0.3 is 4.57 Å². The lowest BCUT2D eigenvalue weighted by atomic mass is 10.2. The SMILES string of the molecule is Cc1cccnc1Cn1c(C(C)Cl)nc2cc(Br)cnc21. The molecule has 1 atom stereocenters. The van der Waals surface area contributed by atoms with Gasteiger partial charge in [0.25, 0.3) is 0 Å². The minimum Gasteiger partial charge on any atom is -0.305 e. The molecule has 108 valence electrons. The summed E-state index contributed by atoms with van der Waals surface area (Å²) < 4.78 is 2.94. The Bertz CT molecular complexity index is 797. The standard InChI is InChI=1S/C15H14BrClN4/c1-9-4-3-5-18-13(9)8-21-14(10(2)17)20-12-6-11(16)7-19-15(12)21/h3-7,10H,8H2,1-2H3. The van der Waals surface area contributed by atoms with Crippen LogP contribution in [-0.2, 0) is 6.54 Å². The van der Waals surface area contributed by atoms with E-state index in [1.807, 2.05) is 23.6 Å². The summed E-state index contributed by atoms with van der Waals surface area (Å²) in [7, 11) is 0. The van der Waals surface area contributed by atoms with E-state index >= 15 is 0 Å². The Morgan fingerprint density at radius 1 is 1.38 bits per heavy atom. The zero-order valence-corrected chi connectivity index (χ0v) is 14.1. The highest BCUT2D eigenvalue weighted by Gasteiger charge is 2.17. The topological polar surface area (TPSA) is 43.6 Å². The van der Waals surface area contributed by atoms with Gasteiger partial charge in [0.15, 0.2) is 5.65 Å². The summed E-state index contributed by atoms with van der Waals surface area (Å²) in [6.07, 6.45) is 3.57. The molecule has 3 aromatic rings.